The number of ether oxygens (including phenoxy) is 1. The highest BCUT2D eigenvalue weighted by Crippen LogP contribution is 2.21. The summed E-state index contributed by atoms with van der Waals surface area (Å²) in [5, 5.41) is 10.6. The summed E-state index contributed by atoms with van der Waals surface area (Å²) in [4.78, 5) is 10.1. The molecule has 0 spiro atoms. The smallest absolute Gasteiger partial charge is 0.269 e. The Balaban J connectivity index is 2.22. The van der Waals surface area contributed by atoms with Crippen LogP contribution in [-0.4, -0.2) is 31.8 Å². The molecule has 0 amide bonds. The second kappa shape index (κ2) is 6.76. The summed E-state index contributed by atoms with van der Waals surface area (Å²) in [6, 6.07) is 11.9. The van der Waals surface area contributed by atoms with E-state index < -0.39 is 14.9 Å². The number of sulfonamides is 1. The summed E-state index contributed by atoms with van der Waals surface area (Å²) in [7, 11) is -0.737. The van der Waals surface area contributed by atoms with E-state index in [0.717, 1.165) is 5.56 Å². The molecule has 0 aliphatic heterocycles. The fraction of sp³-hybridized carbons (Fsp3) is 0.200. The topological polar surface area (TPSA) is 89.8 Å². The number of hydrogen-bond donors (Lipinski definition) is 0. The summed E-state index contributed by atoms with van der Waals surface area (Å²) in [5.74, 6) is 0.642. The molecule has 23 heavy (non-hydrogen) atoms. The standard InChI is InChI=1S/C15H16N2O5S/c1-16(11-12-4-3-5-14(10-12)22-2)23(20,21)15-8-6-13(7-9-15)17(18)19/h3-10H,11H2,1-2H3. The van der Waals surface area contributed by atoms with Gasteiger partial charge in [-0.05, 0) is 29.8 Å². The molecule has 7 nitrogen and oxygen atoms in total. The van der Waals surface area contributed by atoms with Crippen molar-refractivity contribution in [3.63, 3.8) is 0 Å². The monoisotopic (exact) mass is 336 g/mol. The molecule has 0 saturated carbocycles. The summed E-state index contributed by atoms with van der Waals surface area (Å²) in [5.41, 5.74) is 0.622. The van der Waals surface area contributed by atoms with Crippen molar-refractivity contribution in [2.45, 2.75) is 11.4 Å². The highest BCUT2D eigenvalue weighted by Gasteiger charge is 2.21. The van der Waals surface area contributed by atoms with E-state index in [1.54, 1.807) is 24.3 Å². The number of nitro groups is 1. The molecular formula is C15H16N2O5S. The minimum Gasteiger partial charge on any atom is -0.497 e. The summed E-state index contributed by atoms with van der Waals surface area (Å²) in [6.45, 7) is 0.163. The van der Waals surface area contributed by atoms with Crippen LogP contribution in [0.3, 0.4) is 0 Å². The Hall–Kier alpha value is -2.45. The van der Waals surface area contributed by atoms with Crippen molar-refractivity contribution in [1.29, 1.82) is 0 Å². The molecule has 0 bridgehead atoms. The van der Waals surface area contributed by atoms with Crippen LogP contribution >= 0.6 is 0 Å². The highest BCUT2D eigenvalue weighted by atomic mass is 32.2. The normalized spacial score (nSPS) is 11.4. The van der Waals surface area contributed by atoms with Crippen LogP contribution in [0.25, 0.3) is 0 Å². The molecular weight excluding hydrogens is 320 g/mol. The lowest BCUT2D eigenvalue weighted by molar-refractivity contribution is -0.384. The minimum atomic E-state index is -3.73. The van der Waals surface area contributed by atoms with Crippen LogP contribution in [0.4, 0.5) is 5.69 Å². The van der Waals surface area contributed by atoms with Gasteiger partial charge in [0.25, 0.3) is 5.69 Å². The minimum absolute atomic E-state index is 0.00787. The summed E-state index contributed by atoms with van der Waals surface area (Å²) >= 11 is 0. The number of nitro benzene ring substituents is 1. The third-order valence-corrected chi connectivity index (χ3v) is 5.11. The molecule has 0 radical (unpaired) electrons. The van der Waals surface area contributed by atoms with Crippen LogP contribution in [-0.2, 0) is 16.6 Å². The Labute approximate surface area is 134 Å². The van der Waals surface area contributed by atoms with Gasteiger partial charge in [0.05, 0.1) is 16.9 Å². The van der Waals surface area contributed by atoms with Crippen molar-refractivity contribution in [3.05, 3.63) is 64.2 Å². The van der Waals surface area contributed by atoms with E-state index in [9.17, 15) is 18.5 Å². The molecule has 0 fully saturated rings. The molecule has 0 aliphatic rings. The molecule has 2 aromatic carbocycles. The predicted molar refractivity (Wildman–Crippen MR) is 84.7 cm³/mol. The average molecular weight is 336 g/mol. The van der Waals surface area contributed by atoms with Gasteiger partial charge in [-0.15, -0.1) is 0 Å². The summed E-state index contributed by atoms with van der Waals surface area (Å²) in [6.07, 6.45) is 0. The second-order valence-electron chi connectivity index (χ2n) is 4.86. The van der Waals surface area contributed by atoms with E-state index in [-0.39, 0.29) is 17.1 Å². The largest absolute Gasteiger partial charge is 0.497 e. The van der Waals surface area contributed by atoms with Crippen LogP contribution in [0.5, 0.6) is 5.75 Å². The zero-order chi connectivity index (χ0) is 17.0. The van der Waals surface area contributed by atoms with E-state index in [0.29, 0.717) is 5.75 Å². The summed E-state index contributed by atoms with van der Waals surface area (Å²) < 4.78 is 31.3. The quantitative estimate of drug-likeness (QED) is 0.597. The molecule has 0 N–H and O–H groups in total. The van der Waals surface area contributed by atoms with E-state index in [4.69, 9.17) is 4.74 Å². The van der Waals surface area contributed by atoms with E-state index in [2.05, 4.69) is 0 Å². The predicted octanol–water partition coefficient (Wildman–Crippen LogP) is 2.42. The highest BCUT2D eigenvalue weighted by molar-refractivity contribution is 7.89. The van der Waals surface area contributed by atoms with Crippen molar-refractivity contribution in [3.8, 4) is 5.75 Å². The Morgan fingerprint density at radius 2 is 1.83 bits per heavy atom. The zero-order valence-electron chi connectivity index (χ0n) is 12.7. The zero-order valence-corrected chi connectivity index (χ0v) is 13.5. The lowest BCUT2D eigenvalue weighted by Crippen LogP contribution is -2.26. The Morgan fingerprint density at radius 3 is 2.39 bits per heavy atom. The van der Waals surface area contributed by atoms with Gasteiger partial charge in [0.1, 0.15) is 5.75 Å². The molecule has 2 rings (SSSR count). The fourth-order valence-corrected chi connectivity index (χ4v) is 3.19. The van der Waals surface area contributed by atoms with Crippen molar-refractivity contribution >= 4 is 15.7 Å². The van der Waals surface area contributed by atoms with Gasteiger partial charge in [-0.2, -0.15) is 4.31 Å². The first-order valence-electron chi connectivity index (χ1n) is 6.68. The number of benzene rings is 2. The molecule has 0 heterocycles. The van der Waals surface area contributed by atoms with Gasteiger partial charge in [-0.3, -0.25) is 10.1 Å². The lowest BCUT2D eigenvalue weighted by Gasteiger charge is -2.17. The third kappa shape index (κ3) is 3.85. The maximum atomic E-state index is 12.5. The second-order valence-corrected chi connectivity index (χ2v) is 6.91. The maximum absolute atomic E-state index is 12.5. The SMILES string of the molecule is COc1cccc(CN(C)S(=O)(=O)c2ccc([N+](=O)[O-])cc2)c1. The van der Waals surface area contributed by atoms with Crippen molar-refractivity contribution in [1.82, 2.24) is 4.31 Å². The maximum Gasteiger partial charge on any atom is 0.269 e. The van der Waals surface area contributed by atoms with E-state index >= 15 is 0 Å². The van der Waals surface area contributed by atoms with Crippen molar-refractivity contribution < 1.29 is 18.1 Å². The molecule has 8 heteroatoms. The third-order valence-electron chi connectivity index (χ3n) is 3.30. The Bertz CT molecular complexity index is 803. The molecule has 0 unspecified atom stereocenters. The number of rotatable bonds is 6. The number of methoxy groups -OCH3 is 1. The van der Waals surface area contributed by atoms with Crippen LogP contribution < -0.4 is 4.74 Å². The molecule has 0 aliphatic carbocycles. The van der Waals surface area contributed by atoms with Gasteiger partial charge in [0.2, 0.25) is 10.0 Å². The lowest BCUT2D eigenvalue weighted by atomic mass is 10.2. The molecule has 0 saturated heterocycles. The molecule has 0 aromatic heterocycles. The fourth-order valence-electron chi connectivity index (χ4n) is 2.03. The van der Waals surface area contributed by atoms with Gasteiger partial charge in [0, 0.05) is 25.7 Å². The molecule has 122 valence electrons. The van der Waals surface area contributed by atoms with Crippen LogP contribution in [0.2, 0.25) is 0 Å². The van der Waals surface area contributed by atoms with Crippen molar-refractivity contribution in [2.24, 2.45) is 0 Å². The van der Waals surface area contributed by atoms with Gasteiger partial charge < -0.3 is 4.74 Å². The Morgan fingerprint density at radius 1 is 1.17 bits per heavy atom. The first-order chi connectivity index (χ1) is 10.8. The van der Waals surface area contributed by atoms with Gasteiger partial charge in [0.15, 0.2) is 0 Å². The van der Waals surface area contributed by atoms with Crippen molar-refractivity contribution in [2.75, 3.05) is 14.2 Å². The van der Waals surface area contributed by atoms with E-state index in [1.807, 2.05) is 0 Å². The number of non-ortho nitro benzene ring substituents is 1. The first-order valence-corrected chi connectivity index (χ1v) is 8.12. The van der Waals surface area contributed by atoms with Gasteiger partial charge >= 0.3 is 0 Å². The van der Waals surface area contributed by atoms with E-state index in [1.165, 1.54) is 42.7 Å². The first kappa shape index (κ1) is 16.9. The van der Waals surface area contributed by atoms with Crippen LogP contribution in [0, 0.1) is 10.1 Å². The molecule has 0 atom stereocenters. The Kier molecular flexibility index (Phi) is 4.97. The van der Waals surface area contributed by atoms with Gasteiger partial charge in [-0.1, -0.05) is 12.1 Å². The number of nitrogens with zero attached hydrogens (tertiary/aromatic N) is 2. The molecule has 2 aromatic rings. The number of hydrogen-bond acceptors (Lipinski definition) is 5. The average Bonchev–Trinajstić information content (AvgIpc) is 2.55. The van der Waals surface area contributed by atoms with Crippen LogP contribution in [0.15, 0.2) is 53.4 Å². The van der Waals surface area contributed by atoms with Gasteiger partial charge in [-0.25, -0.2) is 8.42 Å². The van der Waals surface area contributed by atoms with Crippen LogP contribution in [0.1, 0.15) is 5.56 Å².